The summed E-state index contributed by atoms with van der Waals surface area (Å²) in [4.78, 5) is 16.4. The van der Waals surface area contributed by atoms with E-state index in [4.69, 9.17) is 16.0 Å². The summed E-state index contributed by atoms with van der Waals surface area (Å²) in [6.45, 7) is 3.92. The fourth-order valence-corrected chi connectivity index (χ4v) is 5.17. The van der Waals surface area contributed by atoms with Gasteiger partial charge in [-0.15, -0.1) is 0 Å². The van der Waals surface area contributed by atoms with Crippen LogP contribution < -0.4 is 10.2 Å². The summed E-state index contributed by atoms with van der Waals surface area (Å²) in [6.07, 6.45) is 2.27. The van der Waals surface area contributed by atoms with Crippen LogP contribution in [-0.4, -0.2) is 49.6 Å². The molecule has 33 heavy (non-hydrogen) atoms. The fraction of sp³-hybridized carbons (Fsp3) is 0.542. The van der Waals surface area contributed by atoms with Gasteiger partial charge in [0.05, 0.1) is 22.5 Å². The van der Waals surface area contributed by atoms with Crippen LogP contribution in [0, 0.1) is 5.92 Å². The maximum absolute atomic E-state index is 13.1. The van der Waals surface area contributed by atoms with Crippen LogP contribution in [0.1, 0.15) is 48.2 Å². The van der Waals surface area contributed by atoms with Gasteiger partial charge in [-0.3, -0.25) is 9.69 Å². The number of hydrogen-bond acceptors (Lipinski definition) is 4. The molecule has 5 nitrogen and oxygen atoms in total. The van der Waals surface area contributed by atoms with Gasteiger partial charge < -0.3 is 14.6 Å². The molecule has 1 aromatic heterocycles. The van der Waals surface area contributed by atoms with Crippen LogP contribution in [-0.2, 0) is 6.18 Å². The van der Waals surface area contributed by atoms with E-state index in [0.717, 1.165) is 57.8 Å². The first-order valence-electron chi connectivity index (χ1n) is 11.5. The lowest BCUT2D eigenvalue weighted by Crippen LogP contribution is -2.47. The highest BCUT2D eigenvalue weighted by molar-refractivity contribution is 6.34. The molecule has 2 fully saturated rings. The molecule has 2 aliphatic rings. The number of hydrogen-bond donors (Lipinski definition) is 1. The quantitative estimate of drug-likeness (QED) is 0.593. The van der Waals surface area contributed by atoms with E-state index in [-0.39, 0.29) is 17.0 Å². The minimum Gasteiger partial charge on any atom is -0.459 e. The average Bonchev–Trinajstić information content (AvgIpc) is 3.34. The van der Waals surface area contributed by atoms with Crippen molar-refractivity contribution in [2.45, 2.75) is 44.3 Å². The Labute approximate surface area is 196 Å². The number of anilines is 1. The third kappa shape index (κ3) is 6.03. The number of piperazine rings is 1. The molecule has 1 N–H and O–H groups in total. The first-order chi connectivity index (χ1) is 15.8. The molecule has 0 radical (unpaired) electrons. The molecule has 4 rings (SSSR count). The number of nitrogens with one attached hydrogen (secondary N) is 1. The van der Waals surface area contributed by atoms with Gasteiger partial charge in [-0.2, -0.15) is 13.2 Å². The van der Waals surface area contributed by atoms with Crippen molar-refractivity contribution >= 4 is 23.2 Å². The Morgan fingerprint density at radius 3 is 2.42 bits per heavy atom. The number of alkyl halides is 3. The molecule has 0 spiro atoms. The van der Waals surface area contributed by atoms with Gasteiger partial charge >= 0.3 is 6.18 Å². The Bertz CT molecular complexity index is 920. The predicted octanol–water partition coefficient (Wildman–Crippen LogP) is 5.45. The van der Waals surface area contributed by atoms with Crippen molar-refractivity contribution in [3.8, 4) is 0 Å². The molecule has 2 heterocycles. The second kappa shape index (κ2) is 10.4. The van der Waals surface area contributed by atoms with Crippen molar-refractivity contribution in [2.75, 3.05) is 37.6 Å². The molecule has 1 aliphatic heterocycles. The fourth-order valence-electron chi connectivity index (χ4n) is 4.82. The molecular weight excluding hydrogens is 455 g/mol. The van der Waals surface area contributed by atoms with E-state index in [1.807, 2.05) is 4.90 Å². The average molecular weight is 484 g/mol. The number of carbonyl (C=O) groups is 1. The Kier molecular flexibility index (Phi) is 7.54. The number of nitrogens with zero attached hydrogens (tertiary/aromatic N) is 2. The van der Waals surface area contributed by atoms with Crippen LogP contribution in [0.25, 0.3) is 0 Å². The zero-order valence-corrected chi connectivity index (χ0v) is 19.2. The standard InChI is InChI=1S/C24H29ClF3N3O2/c25-22-19(24(26,27)28)3-1-4-20(22)31-14-12-30(13-15-31)11-10-17-6-8-18(9-7-17)29-23(32)21-5-2-16-33-21/h1-5,16-18H,6-15H2,(H,29,32)/t17-,18-. The first kappa shape index (κ1) is 24.0. The van der Waals surface area contributed by atoms with Gasteiger partial charge in [0.2, 0.25) is 0 Å². The van der Waals surface area contributed by atoms with Crippen LogP contribution in [0.5, 0.6) is 0 Å². The van der Waals surface area contributed by atoms with E-state index in [0.29, 0.717) is 30.5 Å². The summed E-state index contributed by atoms with van der Waals surface area (Å²) in [5.41, 5.74) is -0.318. The number of amides is 1. The number of benzene rings is 1. The Morgan fingerprint density at radius 2 is 1.79 bits per heavy atom. The van der Waals surface area contributed by atoms with Crippen molar-refractivity contribution in [1.82, 2.24) is 10.2 Å². The molecule has 0 atom stereocenters. The summed E-state index contributed by atoms with van der Waals surface area (Å²) >= 11 is 6.09. The SMILES string of the molecule is O=C(N[C@H]1CC[C@H](CCN2CCN(c3cccc(C(F)(F)F)c3Cl)CC2)CC1)c1ccco1. The van der Waals surface area contributed by atoms with E-state index < -0.39 is 11.7 Å². The smallest absolute Gasteiger partial charge is 0.417 e. The molecule has 0 bridgehead atoms. The van der Waals surface area contributed by atoms with Gasteiger partial charge in [0.1, 0.15) is 0 Å². The van der Waals surface area contributed by atoms with E-state index in [1.165, 1.54) is 12.3 Å². The molecule has 1 saturated heterocycles. The summed E-state index contributed by atoms with van der Waals surface area (Å²) in [6, 6.07) is 7.68. The van der Waals surface area contributed by atoms with Crippen LogP contribution >= 0.6 is 11.6 Å². The van der Waals surface area contributed by atoms with E-state index in [2.05, 4.69) is 10.2 Å². The van der Waals surface area contributed by atoms with Gasteiger partial charge in [-0.1, -0.05) is 17.7 Å². The van der Waals surface area contributed by atoms with Crippen LogP contribution in [0.4, 0.5) is 18.9 Å². The number of carbonyl (C=O) groups excluding carboxylic acids is 1. The normalized spacial score (nSPS) is 22.4. The van der Waals surface area contributed by atoms with Crippen molar-refractivity contribution in [3.05, 3.63) is 52.9 Å². The topological polar surface area (TPSA) is 48.7 Å². The molecule has 180 valence electrons. The lowest BCUT2D eigenvalue weighted by Gasteiger charge is -2.38. The van der Waals surface area contributed by atoms with E-state index in [1.54, 1.807) is 18.2 Å². The van der Waals surface area contributed by atoms with Gasteiger partial charge in [0.15, 0.2) is 5.76 Å². The maximum atomic E-state index is 13.1. The highest BCUT2D eigenvalue weighted by atomic mass is 35.5. The van der Waals surface area contributed by atoms with Gasteiger partial charge in [0, 0.05) is 32.2 Å². The lowest BCUT2D eigenvalue weighted by molar-refractivity contribution is -0.137. The lowest BCUT2D eigenvalue weighted by atomic mass is 9.84. The van der Waals surface area contributed by atoms with Gasteiger partial charge in [-0.25, -0.2) is 0 Å². The molecular formula is C24H29ClF3N3O2. The largest absolute Gasteiger partial charge is 0.459 e. The minimum absolute atomic E-state index is 0.151. The molecule has 9 heteroatoms. The zero-order valence-electron chi connectivity index (χ0n) is 18.4. The van der Waals surface area contributed by atoms with Gasteiger partial charge in [0.25, 0.3) is 5.91 Å². The predicted molar refractivity (Wildman–Crippen MR) is 122 cm³/mol. The number of rotatable bonds is 6. The van der Waals surface area contributed by atoms with E-state index in [9.17, 15) is 18.0 Å². The minimum atomic E-state index is -4.45. The van der Waals surface area contributed by atoms with Crippen molar-refractivity contribution in [2.24, 2.45) is 5.92 Å². The Balaban J connectivity index is 1.18. The summed E-state index contributed by atoms with van der Waals surface area (Å²) in [5.74, 6) is 0.836. The molecule has 0 unspecified atom stereocenters. The molecule has 1 aliphatic carbocycles. The molecule has 1 amide bonds. The third-order valence-electron chi connectivity index (χ3n) is 6.78. The maximum Gasteiger partial charge on any atom is 0.417 e. The van der Waals surface area contributed by atoms with Crippen LogP contribution in [0.2, 0.25) is 5.02 Å². The van der Waals surface area contributed by atoms with Crippen molar-refractivity contribution in [1.29, 1.82) is 0 Å². The van der Waals surface area contributed by atoms with E-state index >= 15 is 0 Å². The third-order valence-corrected chi connectivity index (χ3v) is 7.17. The zero-order chi connectivity index (χ0) is 23.4. The van der Waals surface area contributed by atoms with Crippen molar-refractivity contribution < 1.29 is 22.4 Å². The van der Waals surface area contributed by atoms with Gasteiger partial charge in [-0.05, 0) is 68.8 Å². The van der Waals surface area contributed by atoms with Crippen LogP contribution in [0.15, 0.2) is 41.0 Å². The second-order valence-corrected chi connectivity index (χ2v) is 9.30. The highest BCUT2D eigenvalue weighted by Crippen LogP contribution is 2.39. The second-order valence-electron chi connectivity index (χ2n) is 8.92. The molecule has 1 aromatic carbocycles. The van der Waals surface area contributed by atoms with Crippen molar-refractivity contribution in [3.63, 3.8) is 0 Å². The molecule has 1 saturated carbocycles. The Hall–Kier alpha value is -2.19. The summed E-state index contributed by atoms with van der Waals surface area (Å²) in [7, 11) is 0. The Morgan fingerprint density at radius 1 is 1.06 bits per heavy atom. The highest BCUT2D eigenvalue weighted by Gasteiger charge is 2.35. The van der Waals surface area contributed by atoms with Crippen LogP contribution in [0.3, 0.4) is 0 Å². The first-order valence-corrected chi connectivity index (χ1v) is 11.9. The number of furan rings is 1. The number of halogens is 4. The molecule has 2 aromatic rings. The monoisotopic (exact) mass is 483 g/mol. The summed E-state index contributed by atoms with van der Waals surface area (Å²) in [5, 5.41) is 2.84. The summed E-state index contributed by atoms with van der Waals surface area (Å²) < 4.78 is 44.6.